The molecule has 254 valence electrons. The minimum atomic E-state index is -1.03. The van der Waals surface area contributed by atoms with Crippen molar-refractivity contribution in [1.29, 1.82) is 0 Å². The summed E-state index contributed by atoms with van der Waals surface area (Å²) >= 11 is 0. The number of phenols is 1. The average molecular weight is 636 g/mol. The van der Waals surface area contributed by atoms with Crippen LogP contribution in [-0.4, -0.2) is 91.4 Å². The van der Waals surface area contributed by atoms with Gasteiger partial charge >= 0.3 is 6.09 Å². The third-order valence-electron chi connectivity index (χ3n) is 7.94. The normalized spacial score (nSPS) is 21.2. The number of allylic oxidation sites excluding steroid dienone is 3. The van der Waals surface area contributed by atoms with Crippen molar-refractivity contribution in [2.75, 3.05) is 40.0 Å². The highest BCUT2D eigenvalue weighted by molar-refractivity contribution is 5.73. The molecule has 45 heavy (non-hydrogen) atoms. The van der Waals surface area contributed by atoms with Crippen LogP contribution in [0.5, 0.6) is 5.75 Å². The highest BCUT2D eigenvalue weighted by Gasteiger charge is 2.43. The Balaban J connectivity index is 0.000000345. The van der Waals surface area contributed by atoms with Gasteiger partial charge in [-0.05, 0) is 69.3 Å². The largest absolute Gasteiger partial charge is 0.508 e. The lowest BCUT2D eigenvalue weighted by atomic mass is 9.88. The van der Waals surface area contributed by atoms with Crippen molar-refractivity contribution in [3.8, 4) is 5.75 Å². The van der Waals surface area contributed by atoms with Crippen LogP contribution in [0.15, 0.2) is 54.7 Å². The molecule has 3 unspecified atom stereocenters. The maximum absolute atomic E-state index is 12.0. The predicted molar refractivity (Wildman–Crippen MR) is 176 cm³/mol. The molecule has 0 bridgehead atoms. The molecule has 1 amide bonds. The Morgan fingerprint density at radius 1 is 1.13 bits per heavy atom. The van der Waals surface area contributed by atoms with Crippen LogP contribution in [-0.2, 0) is 14.3 Å². The lowest BCUT2D eigenvalue weighted by molar-refractivity contribution is -0.111. The average Bonchev–Trinajstić information content (AvgIpc) is 3.62. The predicted octanol–water partition coefficient (Wildman–Crippen LogP) is 6.66. The first-order valence-corrected chi connectivity index (χ1v) is 15.9. The van der Waals surface area contributed by atoms with Crippen molar-refractivity contribution in [1.82, 2.24) is 15.1 Å². The van der Waals surface area contributed by atoms with Crippen LogP contribution in [0.4, 0.5) is 13.6 Å². The van der Waals surface area contributed by atoms with E-state index in [1.54, 1.807) is 12.2 Å². The third kappa shape index (κ3) is 13.8. The first kappa shape index (κ1) is 39.9. The molecule has 8 nitrogen and oxygen atoms in total. The first-order chi connectivity index (χ1) is 21.4. The van der Waals surface area contributed by atoms with Crippen LogP contribution in [0.25, 0.3) is 0 Å². The Hall–Kier alpha value is -3.08. The standard InChI is InChI=1S/C15H23NO3.C12H22N2O.C6H4F2O.C2H6/c1-6-8-9-12(7-2)11-19-14(18)16-13(10-17)15(3,4)5;1-13-6-2-12-11(13)3-7-14(12)10-4-8-15-9-5-10;7-5-2-1-4(9)3-6(5)8;1-2/h6-10,13H,2,11H2,1,3-5H3,(H,16,18);10-12H,2-9H2,1H3;1-3,9H;1-2H3/b8-6-,12-9+;;;. The number of likely N-dealkylation sites (tertiary alicyclic amines) is 2. The maximum atomic E-state index is 12.0. The van der Waals surface area contributed by atoms with Gasteiger partial charge in [0, 0.05) is 44.0 Å². The number of benzene rings is 1. The van der Waals surface area contributed by atoms with E-state index in [4.69, 9.17) is 14.6 Å². The van der Waals surface area contributed by atoms with Gasteiger partial charge in [0.15, 0.2) is 11.6 Å². The van der Waals surface area contributed by atoms with Crippen LogP contribution in [0, 0.1) is 17.0 Å². The summed E-state index contributed by atoms with van der Waals surface area (Å²) in [5.74, 6) is -2.25. The molecule has 0 radical (unpaired) electrons. The number of likely N-dealkylation sites (N-methyl/N-ethyl adjacent to an activating group) is 1. The minimum absolute atomic E-state index is 0.120. The molecule has 3 fully saturated rings. The third-order valence-corrected chi connectivity index (χ3v) is 7.94. The summed E-state index contributed by atoms with van der Waals surface area (Å²) in [4.78, 5) is 27.8. The van der Waals surface area contributed by atoms with Gasteiger partial charge < -0.3 is 29.6 Å². The molecule has 0 spiro atoms. The van der Waals surface area contributed by atoms with Gasteiger partial charge in [-0.15, -0.1) is 0 Å². The number of phenolic OH excluding ortho intramolecular Hbond substituents is 1. The van der Waals surface area contributed by atoms with Gasteiger partial charge in [0.25, 0.3) is 0 Å². The molecule has 4 rings (SSSR count). The van der Waals surface area contributed by atoms with Crippen LogP contribution in [0.1, 0.15) is 67.2 Å². The van der Waals surface area contributed by atoms with Crippen molar-refractivity contribution in [3.63, 3.8) is 0 Å². The first-order valence-electron chi connectivity index (χ1n) is 15.9. The van der Waals surface area contributed by atoms with E-state index >= 15 is 0 Å². The summed E-state index contributed by atoms with van der Waals surface area (Å²) in [7, 11) is 2.29. The zero-order chi connectivity index (χ0) is 34.0. The molecule has 2 N–H and O–H groups in total. The van der Waals surface area contributed by atoms with E-state index in [9.17, 15) is 18.4 Å². The number of carbonyl (C=O) groups is 2. The number of rotatable bonds is 7. The number of halogens is 2. The Morgan fingerprint density at radius 3 is 2.31 bits per heavy atom. The van der Waals surface area contributed by atoms with E-state index in [-0.39, 0.29) is 17.8 Å². The Bertz CT molecular complexity index is 1100. The van der Waals surface area contributed by atoms with Crippen LogP contribution < -0.4 is 5.32 Å². The Morgan fingerprint density at radius 2 is 1.78 bits per heavy atom. The lowest BCUT2D eigenvalue weighted by Crippen LogP contribution is -2.45. The van der Waals surface area contributed by atoms with Gasteiger partial charge in [-0.2, -0.15) is 0 Å². The van der Waals surface area contributed by atoms with E-state index in [0.717, 1.165) is 55.1 Å². The van der Waals surface area contributed by atoms with Crippen LogP contribution in [0.3, 0.4) is 0 Å². The summed E-state index contributed by atoms with van der Waals surface area (Å²) in [5, 5.41) is 11.1. The molecule has 3 aliphatic rings. The lowest BCUT2D eigenvalue weighted by Gasteiger charge is -2.35. The SMILES string of the molecule is C=C/C(=C\C=C/C)COC(=O)NC(C=O)C(C)(C)C.CC.CN1CCC2C1CCN2C1CCOCC1.Oc1ccc(F)c(F)c1. The summed E-state index contributed by atoms with van der Waals surface area (Å²) in [6.45, 7) is 19.8. The highest BCUT2D eigenvalue weighted by atomic mass is 19.2. The molecular weight excluding hydrogens is 580 g/mol. The molecule has 0 aliphatic carbocycles. The molecule has 10 heteroatoms. The Labute approximate surface area is 269 Å². The van der Waals surface area contributed by atoms with Crippen molar-refractivity contribution in [2.24, 2.45) is 5.41 Å². The monoisotopic (exact) mass is 635 g/mol. The van der Waals surface area contributed by atoms with Crippen molar-refractivity contribution in [2.45, 2.75) is 91.4 Å². The number of amides is 1. The second kappa shape index (κ2) is 20.9. The van der Waals surface area contributed by atoms with Gasteiger partial charge in [-0.3, -0.25) is 4.90 Å². The number of hydrogen-bond donors (Lipinski definition) is 2. The maximum Gasteiger partial charge on any atom is 0.408 e. The number of aromatic hydroxyl groups is 1. The van der Waals surface area contributed by atoms with E-state index in [0.29, 0.717) is 6.29 Å². The summed E-state index contributed by atoms with van der Waals surface area (Å²) in [6, 6.07) is 4.62. The zero-order valence-corrected chi connectivity index (χ0v) is 28.2. The number of nitrogens with one attached hydrogen (secondary N) is 1. The molecule has 3 aliphatic heterocycles. The smallest absolute Gasteiger partial charge is 0.408 e. The molecule has 3 heterocycles. The van der Waals surface area contributed by atoms with Gasteiger partial charge in [-0.25, -0.2) is 13.6 Å². The summed E-state index contributed by atoms with van der Waals surface area (Å²) < 4.78 is 34.5. The van der Waals surface area contributed by atoms with Crippen molar-refractivity contribution >= 4 is 12.4 Å². The van der Waals surface area contributed by atoms with Gasteiger partial charge in [0.05, 0.1) is 6.04 Å². The van der Waals surface area contributed by atoms with Crippen molar-refractivity contribution in [3.05, 3.63) is 66.3 Å². The number of fused-ring (bicyclic) bond motifs is 1. The van der Waals surface area contributed by atoms with Gasteiger partial charge in [-0.1, -0.05) is 65.5 Å². The fourth-order valence-electron chi connectivity index (χ4n) is 5.36. The Kier molecular flexibility index (Phi) is 18.5. The summed E-state index contributed by atoms with van der Waals surface area (Å²) in [6.07, 6.45) is 12.5. The molecule has 3 saturated heterocycles. The zero-order valence-electron chi connectivity index (χ0n) is 28.2. The number of alkyl carbamates (subject to hydrolysis) is 1. The molecule has 0 saturated carbocycles. The van der Waals surface area contributed by atoms with E-state index in [1.807, 2.05) is 53.7 Å². The molecular formula is C35H55F2N3O5. The number of nitrogens with zero attached hydrogens (tertiary/aromatic N) is 2. The quantitative estimate of drug-likeness (QED) is 0.256. The molecule has 1 aromatic carbocycles. The summed E-state index contributed by atoms with van der Waals surface area (Å²) in [5.41, 5.74) is 0.440. The fourth-order valence-corrected chi connectivity index (χ4v) is 5.36. The van der Waals surface area contributed by atoms with Crippen LogP contribution in [0.2, 0.25) is 0 Å². The number of ether oxygens (including phenoxy) is 2. The van der Waals surface area contributed by atoms with E-state index in [2.05, 4.69) is 28.7 Å². The van der Waals surface area contributed by atoms with Gasteiger partial charge in [0.1, 0.15) is 18.6 Å². The van der Waals surface area contributed by atoms with Crippen molar-refractivity contribution < 1.29 is 33.0 Å². The second-order valence-electron chi connectivity index (χ2n) is 12.0. The number of hydrogen-bond acceptors (Lipinski definition) is 7. The van der Waals surface area contributed by atoms with Gasteiger partial charge in [0.2, 0.25) is 0 Å². The topological polar surface area (TPSA) is 91.3 Å². The molecule has 0 aromatic heterocycles. The highest BCUT2D eigenvalue weighted by Crippen LogP contribution is 2.33. The van der Waals surface area contributed by atoms with E-state index < -0.39 is 23.8 Å². The number of carbonyl (C=O) groups excluding carboxylic acids is 2. The van der Waals surface area contributed by atoms with Crippen LogP contribution >= 0.6 is 0 Å². The van der Waals surface area contributed by atoms with E-state index in [1.165, 1.54) is 38.8 Å². The number of aldehydes is 1. The fraction of sp³-hybridized carbons (Fsp3) is 0.600. The minimum Gasteiger partial charge on any atom is -0.508 e. The molecule has 1 aromatic rings. The molecule has 3 atom stereocenters. The second-order valence-corrected chi connectivity index (χ2v) is 12.0.